The van der Waals surface area contributed by atoms with Gasteiger partial charge in [-0.3, -0.25) is 4.90 Å². The van der Waals surface area contributed by atoms with Crippen LogP contribution in [-0.2, 0) is 13.9 Å². The highest BCUT2D eigenvalue weighted by atomic mass is 35.5. The van der Waals surface area contributed by atoms with E-state index in [0.29, 0.717) is 34.6 Å². The summed E-state index contributed by atoms with van der Waals surface area (Å²) in [7, 11) is -2.81. The van der Waals surface area contributed by atoms with E-state index in [1.807, 2.05) is 26.8 Å². The van der Waals surface area contributed by atoms with Crippen LogP contribution in [0.2, 0.25) is 15.2 Å². The largest absolute Gasteiger partial charge is 0.443 e. The van der Waals surface area contributed by atoms with Crippen LogP contribution in [0.15, 0.2) is 85.2 Å². The van der Waals surface area contributed by atoms with Crippen molar-refractivity contribution in [3.63, 3.8) is 0 Å². The SMILES string of the molecule is CC(C)(C)OC(=O)N(c1ncc2cc(Cl)c(C3CCN(C4(C)COCC4O[Si](c4ccccc4)(c4ccccc4)C(C)(C)C)CC3)cc2n1)c1cnn(C2CC2)c1Cl. The van der Waals surface area contributed by atoms with E-state index in [-0.39, 0.29) is 34.6 Å². The maximum absolute atomic E-state index is 13.8. The Morgan fingerprint density at radius 1 is 0.914 bits per heavy atom. The summed E-state index contributed by atoms with van der Waals surface area (Å²) < 4.78 is 21.6. The minimum Gasteiger partial charge on any atom is -0.443 e. The number of likely N-dealkylation sites (tertiary alicyclic amines) is 1. The van der Waals surface area contributed by atoms with Crippen molar-refractivity contribution < 1.29 is 18.7 Å². The van der Waals surface area contributed by atoms with Crippen LogP contribution in [0.1, 0.15) is 91.7 Å². The first-order valence-electron chi connectivity index (χ1n) is 20.4. The van der Waals surface area contributed by atoms with Crippen LogP contribution in [0.5, 0.6) is 0 Å². The van der Waals surface area contributed by atoms with E-state index >= 15 is 0 Å². The molecule has 2 aliphatic heterocycles. The third-order valence-electron chi connectivity index (χ3n) is 12.1. The number of benzene rings is 3. The summed E-state index contributed by atoms with van der Waals surface area (Å²) >= 11 is 13.9. The maximum Gasteiger partial charge on any atom is 0.422 e. The number of ether oxygens (including phenoxy) is 2. The summed E-state index contributed by atoms with van der Waals surface area (Å²) in [6, 6.07) is 25.9. The number of carbonyl (C=O) groups excluding carboxylic acids is 1. The van der Waals surface area contributed by atoms with Crippen LogP contribution in [0.25, 0.3) is 10.9 Å². The van der Waals surface area contributed by atoms with Crippen LogP contribution in [-0.4, -0.2) is 82.6 Å². The lowest BCUT2D eigenvalue weighted by Crippen LogP contribution is -2.70. The van der Waals surface area contributed by atoms with Crippen LogP contribution in [0.4, 0.5) is 16.4 Å². The molecule has 2 aromatic heterocycles. The normalized spacial score (nSPS) is 21.1. The van der Waals surface area contributed by atoms with Crippen molar-refractivity contribution in [1.82, 2.24) is 24.6 Å². The highest BCUT2D eigenvalue weighted by Gasteiger charge is 2.56. The van der Waals surface area contributed by atoms with Gasteiger partial charge in [0.1, 0.15) is 11.3 Å². The van der Waals surface area contributed by atoms with Crippen molar-refractivity contribution in [2.75, 3.05) is 31.2 Å². The predicted octanol–water partition coefficient (Wildman–Crippen LogP) is 9.45. The molecular weight excluding hydrogens is 788 g/mol. The van der Waals surface area contributed by atoms with Crippen LogP contribution in [0, 0.1) is 0 Å². The molecule has 1 saturated carbocycles. The number of anilines is 2. The summed E-state index contributed by atoms with van der Waals surface area (Å²) in [5.74, 6) is 0.366. The molecule has 3 fully saturated rings. The molecule has 4 heterocycles. The molecule has 8 rings (SSSR count). The van der Waals surface area contributed by atoms with Crippen LogP contribution >= 0.6 is 23.2 Å². The first-order chi connectivity index (χ1) is 27.6. The molecule has 2 saturated heterocycles. The van der Waals surface area contributed by atoms with Gasteiger partial charge in [-0.05, 0) is 105 Å². The zero-order chi connectivity index (χ0) is 41.0. The van der Waals surface area contributed by atoms with E-state index in [2.05, 4.69) is 109 Å². The summed E-state index contributed by atoms with van der Waals surface area (Å²) in [6.07, 6.45) is 6.32. The molecule has 0 radical (unpaired) electrons. The Labute approximate surface area is 352 Å². The molecule has 0 bridgehead atoms. The maximum atomic E-state index is 13.8. The number of hydrogen-bond donors (Lipinski definition) is 0. The number of fused-ring (bicyclic) bond motifs is 1. The lowest BCUT2D eigenvalue weighted by atomic mass is 9.85. The minimum atomic E-state index is -2.81. The standard InChI is InChI=1S/C45H54Cl2N6O4Si/c1-43(2,3)56-42(54)52(38-27-49-53(40(38)47)32-18-19-32)41-48-26-31-24-36(46)35(25-37(31)50-41)30-20-22-51(23-21-30)45(7)29-55-28-39(45)57-58(44(4,5)6,33-14-10-8-11-15-33)34-16-12-9-13-17-34/h8-17,24-27,30,32,39H,18-23,28-29H2,1-7H3. The van der Waals surface area contributed by atoms with Gasteiger partial charge in [0.15, 0.2) is 5.15 Å². The molecule has 1 aliphatic carbocycles. The van der Waals surface area contributed by atoms with E-state index in [0.717, 1.165) is 49.7 Å². The highest BCUT2D eigenvalue weighted by Crippen LogP contribution is 2.44. The average molecular weight is 842 g/mol. The average Bonchev–Trinajstić information content (AvgIpc) is 3.87. The van der Waals surface area contributed by atoms with E-state index < -0.39 is 20.0 Å². The van der Waals surface area contributed by atoms with Gasteiger partial charge in [0.2, 0.25) is 5.95 Å². The number of carbonyl (C=O) groups is 1. The summed E-state index contributed by atoms with van der Waals surface area (Å²) in [5, 5.41) is 8.70. The summed E-state index contributed by atoms with van der Waals surface area (Å²) in [4.78, 5) is 27.2. The smallest absolute Gasteiger partial charge is 0.422 e. The fourth-order valence-electron chi connectivity index (χ4n) is 8.84. The van der Waals surface area contributed by atoms with Crippen LogP contribution in [0.3, 0.4) is 0 Å². The molecule has 5 aromatic rings. The summed E-state index contributed by atoms with van der Waals surface area (Å²) in [6.45, 7) is 17.6. The number of halogens is 2. The number of hydrogen-bond acceptors (Lipinski definition) is 8. The van der Waals surface area contributed by atoms with Gasteiger partial charge in [-0.15, -0.1) is 0 Å². The Kier molecular flexibility index (Phi) is 11.0. The molecular formula is C45H54Cl2N6O4Si. The number of amides is 1. The lowest BCUT2D eigenvalue weighted by molar-refractivity contribution is 0.00483. The van der Waals surface area contributed by atoms with Crippen molar-refractivity contribution >= 4 is 70.5 Å². The molecule has 306 valence electrons. The fourth-order valence-corrected chi connectivity index (χ4v) is 14.2. The second-order valence-electron chi connectivity index (χ2n) is 18.3. The number of nitrogens with zero attached hydrogens (tertiary/aromatic N) is 6. The zero-order valence-corrected chi connectivity index (χ0v) is 37.1. The molecule has 10 nitrogen and oxygen atoms in total. The quantitative estimate of drug-likeness (QED) is 0.136. The van der Waals surface area contributed by atoms with E-state index in [1.54, 1.807) is 17.1 Å². The molecule has 2 atom stereocenters. The molecule has 58 heavy (non-hydrogen) atoms. The lowest BCUT2D eigenvalue weighted by Gasteiger charge is -2.50. The first kappa shape index (κ1) is 40.9. The predicted molar refractivity (Wildman–Crippen MR) is 234 cm³/mol. The molecule has 13 heteroatoms. The molecule has 0 N–H and O–H groups in total. The van der Waals surface area contributed by atoms with Gasteiger partial charge in [0.25, 0.3) is 8.32 Å². The molecule has 2 unspecified atom stereocenters. The Hall–Kier alpha value is -3.84. The van der Waals surface area contributed by atoms with E-state index in [1.165, 1.54) is 15.3 Å². The topological polar surface area (TPSA) is 94.8 Å². The van der Waals surface area contributed by atoms with Gasteiger partial charge < -0.3 is 13.9 Å². The van der Waals surface area contributed by atoms with Crippen molar-refractivity contribution in [3.05, 3.63) is 101 Å². The molecule has 0 spiro atoms. The van der Waals surface area contributed by atoms with Crippen molar-refractivity contribution in [2.45, 2.75) is 108 Å². The van der Waals surface area contributed by atoms with Gasteiger partial charge in [-0.2, -0.15) is 5.10 Å². The molecule has 1 amide bonds. The zero-order valence-electron chi connectivity index (χ0n) is 34.5. The van der Waals surface area contributed by atoms with Gasteiger partial charge in [-0.1, -0.05) is 105 Å². The third-order valence-corrected chi connectivity index (χ3v) is 17.8. The number of rotatable bonds is 9. The highest BCUT2D eigenvalue weighted by molar-refractivity contribution is 6.99. The second-order valence-corrected chi connectivity index (χ2v) is 23.3. The monoisotopic (exact) mass is 840 g/mol. The van der Waals surface area contributed by atoms with Gasteiger partial charge in [0.05, 0.1) is 42.6 Å². The van der Waals surface area contributed by atoms with Crippen molar-refractivity contribution in [3.8, 4) is 0 Å². The van der Waals surface area contributed by atoms with Crippen molar-refractivity contribution in [1.29, 1.82) is 0 Å². The Bertz CT molecular complexity index is 2230. The van der Waals surface area contributed by atoms with Crippen molar-refractivity contribution in [2.24, 2.45) is 0 Å². The number of aromatic nitrogens is 4. The molecule has 3 aromatic carbocycles. The summed E-state index contributed by atoms with van der Waals surface area (Å²) in [5.41, 5.74) is 1.03. The minimum absolute atomic E-state index is 0.118. The second kappa shape index (κ2) is 15.6. The van der Waals surface area contributed by atoms with E-state index in [9.17, 15) is 4.79 Å². The van der Waals surface area contributed by atoms with Gasteiger partial charge in [-0.25, -0.2) is 24.3 Å². The first-order valence-corrected chi connectivity index (χ1v) is 23.1. The van der Waals surface area contributed by atoms with E-state index in [4.69, 9.17) is 42.1 Å². The molecule has 3 aliphatic rings. The van der Waals surface area contributed by atoms with Gasteiger partial charge >= 0.3 is 6.09 Å². The number of piperidine rings is 1. The fraction of sp³-hybridized carbons (Fsp3) is 0.467. The Morgan fingerprint density at radius 2 is 1.55 bits per heavy atom. The third kappa shape index (κ3) is 7.70. The Balaban J connectivity index is 1.06. The van der Waals surface area contributed by atoms with Crippen LogP contribution < -0.4 is 15.3 Å². The Morgan fingerprint density at radius 3 is 2.14 bits per heavy atom. The van der Waals surface area contributed by atoms with Gasteiger partial charge in [0, 0.05) is 16.6 Å².